The van der Waals surface area contributed by atoms with Crippen LogP contribution in [0, 0.1) is 11.6 Å². The maximum Gasteiger partial charge on any atom is 0.261 e. The van der Waals surface area contributed by atoms with E-state index >= 15 is 0 Å². The van der Waals surface area contributed by atoms with Gasteiger partial charge in [0.1, 0.15) is 22.9 Å². The number of nitrogens with zero attached hydrogens (tertiary/aromatic N) is 2. The number of aromatic nitrogens is 4. The number of amides is 1. The molecule has 162 valence electrons. The Labute approximate surface area is 178 Å². The number of rotatable bonds is 5. The highest BCUT2D eigenvalue weighted by molar-refractivity contribution is 6.06. The molecule has 0 spiro atoms. The number of carbonyl (C=O) groups excluding carboxylic acids is 1. The molecule has 0 unspecified atom stereocenters. The van der Waals surface area contributed by atoms with Gasteiger partial charge >= 0.3 is 0 Å². The second kappa shape index (κ2) is 8.07. The number of benzene rings is 1. The van der Waals surface area contributed by atoms with Crippen LogP contribution in [0.5, 0.6) is 0 Å². The molecule has 1 amide bonds. The maximum atomic E-state index is 14.0. The normalized spacial score (nSPS) is 13.6. The number of hydrogen-bond acceptors (Lipinski definition) is 4. The van der Waals surface area contributed by atoms with Gasteiger partial charge in [-0.2, -0.15) is 5.10 Å². The van der Waals surface area contributed by atoms with Gasteiger partial charge in [0, 0.05) is 17.8 Å². The van der Waals surface area contributed by atoms with Crippen molar-refractivity contribution in [3.05, 3.63) is 59.1 Å². The van der Waals surface area contributed by atoms with Crippen LogP contribution in [0.1, 0.15) is 48.9 Å². The minimum Gasteiger partial charge on any atom is -0.340 e. The van der Waals surface area contributed by atoms with Crippen molar-refractivity contribution in [1.82, 2.24) is 25.5 Å². The minimum atomic E-state index is -0.933. The molecular weight excluding hydrogens is 402 g/mol. The summed E-state index contributed by atoms with van der Waals surface area (Å²) in [5.74, 6) is -2.27. The van der Waals surface area contributed by atoms with Crippen molar-refractivity contribution in [2.24, 2.45) is 0 Å². The summed E-state index contributed by atoms with van der Waals surface area (Å²) in [6.45, 7) is 6.99. The standard InChI is InChI=1S/C22H24F2N6O/c1-22(2,3)25-10-12-6-4-9-15-18(12)29-20(27-15)19-16(11-26-30-19)28-21(31)17-13(23)7-5-8-14(17)24/h5-8,11,25H,4,9-10H2,1-3H3,(H,26,30)(H,27,29)(H,28,31). The van der Waals surface area contributed by atoms with Gasteiger partial charge in [-0.1, -0.05) is 12.1 Å². The molecule has 4 N–H and O–H groups in total. The number of H-pyrrole nitrogens is 2. The molecule has 0 bridgehead atoms. The molecule has 3 aromatic rings. The van der Waals surface area contributed by atoms with Crippen molar-refractivity contribution >= 4 is 17.2 Å². The number of aryl methyl sites for hydroxylation is 1. The van der Waals surface area contributed by atoms with Gasteiger partial charge in [0.15, 0.2) is 5.82 Å². The summed E-state index contributed by atoms with van der Waals surface area (Å²) in [5.41, 5.74) is 2.99. The lowest BCUT2D eigenvalue weighted by Crippen LogP contribution is -2.37. The first-order chi connectivity index (χ1) is 14.7. The number of fused-ring (bicyclic) bond motifs is 1. The molecule has 1 aromatic carbocycles. The quantitative estimate of drug-likeness (QED) is 0.495. The first-order valence-electron chi connectivity index (χ1n) is 10.1. The third kappa shape index (κ3) is 4.41. The highest BCUT2D eigenvalue weighted by atomic mass is 19.1. The van der Waals surface area contributed by atoms with Crippen LogP contribution < -0.4 is 10.6 Å². The average Bonchev–Trinajstić information content (AvgIpc) is 3.32. The number of hydrogen-bond donors (Lipinski definition) is 4. The summed E-state index contributed by atoms with van der Waals surface area (Å²) in [4.78, 5) is 20.5. The van der Waals surface area contributed by atoms with E-state index in [0.29, 0.717) is 18.1 Å². The highest BCUT2D eigenvalue weighted by Gasteiger charge is 2.23. The van der Waals surface area contributed by atoms with E-state index in [1.165, 1.54) is 12.3 Å². The molecule has 0 fully saturated rings. The Hall–Kier alpha value is -3.33. The minimum absolute atomic E-state index is 0.0274. The molecule has 2 heterocycles. The van der Waals surface area contributed by atoms with Crippen molar-refractivity contribution in [3.63, 3.8) is 0 Å². The molecule has 0 saturated carbocycles. The predicted octanol–water partition coefficient (Wildman–Crippen LogP) is 4.05. The summed E-state index contributed by atoms with van der Waals surface area (Å²) >= 11 is 0. The van der Waals surface area contributed by atoms with Crippen molar-refractivity contribution in [2.45, 2.75) is 39.2 Å². The van der Waals surface area contributed by atoms with Crippen LogP contribution >= 0.6 is 0 Å². The van der Waals surface area contributed by atoms with Gasteiger partial charge in [-0.15, -0.1) is 0 Å². The van der Waals surface area contributed by atoms with Crippen LogP contribution in [0.4, 0.5) is 14.5 Å². The Balaban J connectivity index is 1.59. The van der Waals surface area contributed by atoms with E-state index in [4.69, 9.17) is 4.98 Å². The molecule has 1 aliphatic carbocycles. The van der Waals surface area contributed by atoms with Gasteiger partial charge in [-0.25, -0.2) is 13.8 Å². The van der Waals surface area contributed by atoms with E-state index in [-0.39, 0.29) is 11.2 Å². The topological polar surface area (TPSA) is 98.5 Å². The van der Waals surface area contributed by atoms with Crippen LogP contribution in [0.25, 0.3) is 17.1 Å². The number of allylic oxidation sites excluding steroid dienone is 1. The molecule has 0 saturated heterocycles. The number of nitrogens with one attached hydrogen (secondary N) is 4. The number of aromatic amines is 2. The third-order valence-electron chi connectivity index (χ3n) is 4.99. The van der Waals surface area contributed by atoms with E-state index in [2.05, 4.69) is 52.7 Å². The molecule has 9 heteroatoms. The van der Waals surface area contributed by atoms with Crippen LogP contribution in [-0.4, -0.2) is 38.2 Å². The molecule has 7 nitrogen and oxygen atoms in total. The lowest BCUT2D eigenvalue weighted by molar-refractivity contribution is 0.101. The zero-order valence-electron chi connectivity index (χ0n) is 17.6. The lowest BCUT2D eigenvalue weighted by Gasteiger charge is -2.22. The second-order valence-corrected chi connectivity index (χ2v) is 8.49. The molecule has 2 aromatic heterocycles. The lowest BCUT2D eigenvalue weighted by atomic mass is 9.99. The molecule has 0 radical (unpaired) electrons. The average molecular weight is 426 g/mol. The van der Waals surface area contributed by atoms with Gasteiger partial charge < -0.3 is 15.6 Å². The number of halogens is 2. The summed E-state index contributed by atoms with van der Waals surface area (Å²) in [5, 5.41) is 12.8. The number of imidazole rings is 1. The summed E-state index contributed by atoms with van der Waals surface area (Å²) in [6, 6.07) is 3.28. The molecule has 0 atom stereocenters. The van der Waals surface area contributed by atoms with E-state index in [0.717, 1.165) is 41.9 Å². The fourth-order valence-corrected chi connectivity index (χ4v) is 3.44. The van der Waals surface area contributed by atoms with E-state index in [1.807, 2.05) is 0 Å². The van der Waals surface area contributed by atoms with Gasteiger partial charge in [0.2, 0.25) is 0 Å². The van der Waals surface area contributed by atoms with Gasteiger partial charge in [0.05, 0.1) is 17.6 Å². The van der Waals surface area contributed by atoms with Crippen LogP contribution in [0.3, 0.4) is 0 Å². The second-order valence-electron chi connectivity index (χ2n) is 8.49. The fraction of sp³-hybridized carbons (Fsp3) is 0.318. The molecule has 0 aliphatic heterocycles. The fourth-order valence-electron chi connectivity index (χ4n) is 3.44. The van der Waals surface area contributed by atoms with Crippen LogP contribution in [-0.2, 0) is 6.42 Å². The number of anilines is 1. The van der Waals surface area contributed by atoms with Crippen molar-refractivity contribution < 1.29 is 13.6 Å². The van der Waals surface area contributed by atoms with Crippen molar-refractivity contribution in [2.75, 3.05) is 11.9 Å². The zero-order valence-corrected chi connectivity index (χ0v) is 17.6. The summed E-state index contributed by atoms with van der Waals surface area (Å²) in [7, 11) is 0. The van der Waals surface area contributed by atoms with Crippen LogP contribution in [0.2, 0.25) is 0 Å². The Morgan fingerprint density at radius 1 is 1.23 bits per heavy atom. The van der Waals surface area contributed by atoms with Crippen LogP contribution in [0.15, 0.2) is 30.5 Å². The van der Waals surface area contributed by atoms with Gasteiger partial charge in [-0.05, 0) is 51.3 Å². The van der Waals surface area contributed by atoms with Gasteiger partial charge in [0.25, 0.3) is 5.91 Å². The Kier molecular flexibility index (Phi) is 5.45. The predicted molar refractivity (Wildman–Crippen MR) is 115 cm³/mol. The maximum absolute atomic E-state index is 14.0. The highest BCUT2D eigenvalue weighted by Crippen LogP contribution is 2.30. The Morgan fingerprint density at radius 2 is 1.97 bits per heavy atom. The first-order valence-corrected chi connectivity index (χ1v) is 10.1. The van der Waals surface area contributed by atoms with E-state index < -0.39 is 23.1 Å². The zero-order chi connectivity index (χ0) is 22.2. The Bertz CT molecular complexity index is 1130. The Morgan fingerprint density at radius 3 is 2.68 bits per heavy atom. The van der Waals surface area contributed by atoms with Crippen molar-refractivity contribution in [1.29, 1.82) is 0 Å². The smallest absolute Gasteiger partial charge is 0.261 e. The molecule has 1 aliphatic rings. The molecule has 31 heavy (non-hydrogen) atoms. The summed E-state index contributed by atoms with van der Waals surface area (Å²) in [6.07, 6.45) is 5.26. The molecule has 4 rings (SSSR count). The molecular formula is C22H24F2N6O. The number of carbonyl (C=O) groups is 1. The van der Waals surface area contributed by atoms with Gasteiger partial charge in [-0.3, -0.25) is 9.89 Å². The third-order valence-corrected chi connectivity index (χ3v) is 4.99. The summed E-state index contributed by atoms with van der Waals surface area (Å²) < 4.78 is 27.9. The SMILES string of the molecule is CC(C)(C)NCC1=CCCc2[nH]c(-c3[nH]ncc3NC(=O)c3c(F)cccc3F)nc21. The van der Waals surface area contributed by atoms with E-state index in [9.17, 15) is 13.6 Å². The van der Waals surface area contributed by atoms with Crippen molar-refractivity contribution in [3.8, 4) is 11.5 Å². The monoisotopic (exact) mass is 426 g/mol. The largest absolute Gasteiger partial charge is 0.340 e. The first kappa shape index (κ1) is 20.9. The van der Waals surface area contributed by atoms with E-state index in [1.54, 1.807) is 0 Å².